The van der Waals surface area contributed by atoms with E-state index in [1.54, 1.807) is 10.7 Å². The Morgan fingerprint density at radius 2 is 2.14 bits per heavy atom. The Labute approximate surface area is 132 Å². The molecule has 0 saturated heterocycles. The zero-order valence-electron chi connectivity index (χ0n) is 11.4. The highest BCUT2D eigenvalue weighted by Gasteiger charge is 2.20. The van der Waals surface area contributed by atoms with Gasteiger partial charge in [0.05, 0.1) is 13.1 Å². The zero-order valence-corrected chi connectivity index (χ0v) is 12.9. The van der Waals surface area contributed by atoms with E-state index in [1.807, 2.05) is 6.07 Å². The number of aryl methyl sites for hydroxylation is 1. The molecule has 0 bridgehead atoms. The van der Waals surface area contributed by atoms with Gasteiger partial charge in [-0.1, -0.05) is 23.2 Å². The lowest BCUT2D eigenvalue weighted by molar-refractivity contribution is 0.233. The molecule has 2 heterocycles. The van der Waals surface area contributed by atoms with E-state index in [2.05, 4.69) is 15.0 Å². The Hall–Kier alpha value is -1.17. The predicted octanol–water partition coefficient (Wildman–Crippen LogP) is 3.11. The average molecular weight is 329 g/mol. The topological polar surface area (TPSA) is 34.0 Å². The lowest BCUT2D eigenvalue weighted by atomic mass is 10.00. The molecule has 1 aromatic carbocycles. The Bertz CT molecular complexity index is 644. The van der Waals surface area contributed by atoms with Crippen LogP contribution in [0.15, 0.2) is 18.5 Å². The van der Waals surface area contributed by atoms with Gasteiger partial charge in [-0.05, 0) is 29.7 Å². The summed E-state index contributed by atoms with van der Waals surface area (Å²) in [6.07, 6.45) is 2.35. The van der Waals surface area contributed by atoms with Gasteiger partial charge in [0.2, 0.25) is 0 Å². The van der Waals surface area contributed by atoms with Gasteiger partial charge in [-0.25, -0.2) is 14.1 Å². The first-order chi connectivity index (χ1) is 10.2. The van der Waals surface area contributed by atoms with Crippen LogP contribution in [0.1, 0.15) is 17.0 Å². The maximum atomic E-state index is 12.5. The number of aromatic nitrogens is 3. The Balaban J connectivity index is 1.76. The second-order valence-electron chi connectivity index (χ2n) is 5.07. The minimum Gasteiger partial charge on any atom is -0.291 e. The van der Waals surface area contributed by atoms with Gasteiger partial charge in [-0.15, -0.1) is 0 Å². The van der Waals surface area contributed by atoms with Gasteiger partial charge >= 0.3 is 0 Å². The highest BCUT2D eigenvalue weighted by atomic mass is 35.5. The lowest BCUT2D eigenvalue weighted by Crippen LogP contribution is -2.31. The lowest BCUT2D eigenvalue weighted by Gasteiger charge is -2.29. The van der Waals surface area contributed by atoms with Crippen LogP contribution in [0.5, 0.6) is 0 Å². The standard InChI is InChI=1S/C14H15Cl2FN4/c15-11-5-10-7-20(3-1-12(10)13(16)6-11)8-14-18-9-19-21(14)4-2-17/h5-6,9H,1-4,7-8H2. The van der Waals surface area contributed by atoms with Gasteiger partial charge in [0.15, 0.2) is 0 Å². The first-order valence-corrected chi connectivity index (χ1v) is 7.55. The van der Waals surface area contributed by atoms with Crippen molar-refractivity contribution < 1.29 is 4.39 Å². The summed E-state index contributed by atoms with van der Waals surface area (Å²) in [4.78, 5) is 6.46. The molecule has 3 rings (SSSR count). The van der Waals surface area contributed by atoms with E-state index in [9.17, 15) is 4.39 Å². The molecule has 7 heteroatoms. The summed E-state index contributed by atoms with van der Waals surface area (Å²) in [5, 5.41) is 5.43. The maximum Gasteiger partial charge on any atom is 0.141 e. The fraction of sp³-hybridized carbons (Fsp3) is 0.429. The molecule has 1 aromatic heterocycles. The van der Waals surface area contributed by atoms with Crippen molar-refractivity contribution in [3.63, 3.8) is 0 Å². The van der Waals surface area contributed by atoms with Crippen LogP contribution in [0.25, 0.3) is 0 Å². The summed E-state index contributed by atoms with van der Waals surface area (Å²) < 4.78 is 14.1. The van der Waals surface area contributed by atoms with Crippen molar-refractivity contribution in [2.45, 2.75) is 26.1 Å². The van der Waals surface area contributed by atoms with Gasteiger partial charge in [0.25, 0.3) is 0 Å². The van der Waals surface area contributed by atoms with E-state index in [0.717, 1.165) is 35.9 Å². The quantitative estimate of drug-likeness (QED) is 0.864. The van der Waals surface area contributed by atoms with E-state index in [-0.39, 0.29) is 6.54 Å². The molecule has 0 N–H and O–H groups in total. The number of hydrogen-bond acceptors (Lipinski definition) is 3. The largest absolute Gasteiger partial charge is 0.291 e. The molecule has 0 fully saturated rings. The molecule has 0 saturated carbocycles. The molecule has 1 aliphatic rings. The second-order valence-corrected chi connectivity index (χ2v) is 5.92. The van der Waals surface area contributed by atoms with Crippen LogP contribution >= 0.6 is 23.2 Å². The third kappa shape index (κ3) is 3.20. The van der Waals surface area contributed by atoms with E-state index in [1.165, 1.54) is 11.9 Å². The number of hydrogen-bond donors (Lipinski definition) is 0. The molecule has 0 radical (unpaired) electrons. The molecule has 4 nitrogen and oxygen atoms in total. The predicted molar refractivity (Wildman–Crippen MR) is 80.3 cm³/mol. The Kier molecular flexibility index (Phi) is 4.42. The van der Waals surface area contributed by atoms with E-state index in [4.69, 9.17) is 23.2 Å². The van der Waals surface area contributed by atoms with Crippen molar-refractivity contribution >= 4 is 23.2 Å². The number of nitrogens with zero attached hydrogens (tertiary/aromatic N) is 4. The van der Waals surface area contributed by atoms with Gasteiger partial charge in [-0.3, -0.25) is 4.90 Å². The fourth-order valence-electron chi connectivity index (χ4n) is 2.68. The van der Waals surface area contributed by atoms with Crippen LogP contribution < -0.4 is 0 Å². The second kappa shape index (κ2) is 6.30. The van der Waals surface area contributed by atoms with Crippen molar-refractivity contribution in [1.82, 2.24) is 19.7 Å². The molecular formula is C14H15Cl2FN4. The summed E-state index contributed by atoms with van der Waals surface area (Å²) >= 11 is 12.3. The van der Waals surface area contributed by atoms with Crippen molar-refractivity contribution in [3.05, 3.63) is 45.5 Å². The molecule has 21 heavy (non-hydrogen) atoms. The van der Waals surface area contributed by atoms with E-state index >= 15 is 0 Å². The zero-order chi connectivity index (χ0) is 14.8. The van der Waals surface area contributed by atoms with Gasteiger partial charge in [0.1, 0.15) is 18.8 Å². The van der Waals surface area contributed by atoms with Crippen molar-refractivity contribution in [3.8, 4) is 0 Å². The van der Waals surface area contributed by atoms with Crippen molar-refractivity contribution in [1.29, 1.82) is 0 Å². The van der Waals surface area contributed by atoms with E-state index in [0.29, 0.717) is 11.6 Å². The molecule has 1 aliphatic heterocycles. The first kappa shape index (κ1) is 14.8. The summed E-state index contributed by atoms with van der Waals surface area (Å²) in [7, 11) is 0. The van der Waals surface area contributed by atoms with E-state index < -0.39 is 6.67 Å². The highest BCUT2D eigenvalue weighted by Crippen LogP contribution is 2.30. The minimum atomic E-state index is -0.440. The van der Waals surface area contributed by atoms with Crippen LogP contribution in [0.3, 0.4) is 0 Å². The maximum absolute atomic E-state index is 12.5. The minimum absolute atomic E-state index is 0.247. The Morgan fingerprint density at radius 1 is 1.29 bits per heavy atom. The third-order valence-electron chi connectivity index (χ3n) is 3.68. The molecule has 0 spiro atoms. The van der Waals surface area contributed by atoms with Crippen LogP contribution in [0.4, 0.5) is 4.39 Å². The smallest absolute Gasteiger partial charge is 0.141 e. The van der Waals surface area contributed by atoms with Crippen LogP contribution in [-0.2, 0) is 26.1 Å². The molecule has 0 aliphatic carbocycles. The van der Waals surface area contributed by atoms with Crippen molar-refractivity contribution in [2.24, 2.45) is 0 Å². The number of halogens is 3. The average Bonchev–Trinajstić information content (AvgIpc) is 2.86. The summed E-state index contributed by atoms with van der Waals surface area (Å²) in [5.74, 6) is 0.782. The third-order valence-corrected chi connectivity index (χ3v) is 4.24. The number of rotatable bonds is 4. The summed E-state index contributed by atoms with van der Waals surface area (Å²) in [6, 6.07) is 3.75. The Morgan fingerprint density at radius 3 is 2.95 bits per heavy atom. The van der Waals surface area contributed by atoms with Crippen LogP contribution in [0, 0.1) is 0 Å². The van der Waals surface area contributed by atoms with Gasteiger partial charge in [-0.2, -0.15) is 5.10 Å². The SMILES string of the molecule is FCCn1ncnc1CN1CCc2c(Cl)cc(Cl)cc2C1. The number of alkyl halides is 1. The number of benzene rings is 1. The number of fused-ring (bicyclic) bond motifs is 1. The molecule has 0 atom stereocenters. The molecular weight excluding hydrogens is 314 g/mol. The summed E-state index contributed by atoms with van der Waals surface area (Å²) in [5.41, 5.74) is 2.32. The monoisotopic (exact) mass is 328 g/mol. The van der Waals surface area contributed by atoms with Crippen LogP contribution in [-0.4, -0.2) is 32.9 Å². The van der Waals surface area contributed by atoms with Gasteiger partial charge < -0.3 is 0 Å². The molecule has 0 amide bonds. The molecule has 2 aromatic rings. The van der Waals surface area contributed by atoms with Gasteiger partial charge in [0, 0.05) is 23.1 Å². The van der Waals surface area contributed by atoms with Crippen molar-refractivity contribution in [2.75, 3.05) is 13.2 Å². The first-order valence-electron chi connectivity index (χ1n) is 6.79. The van der Waals surface area contributed by atoms with Crippen LogP contribution in [0.2, 0.25) is 10.0 Å². The molecule has 0 unspecified atom stereocenters. The summed E-state index contributed by atoms with van der Waals surface area (Å²) in [6.45, 7) is 2.10. The normalized spacial score (nSPS) is 15.2. The highest BCUT2D eigenvalue weighted by molar-refractivity contribution is 6.35. The fourth-order valence-corrected chi connectivity index (χ4v) is 3.31. The molecule has 112 valence electrons.